The number of hydrogen-bond donors (Lipinski definition) is 0. The second kappa shape index (κ2) is 5.53. The Morgan fingerprint density at radius 1 is 0.889 bits per heavy atom. The number of hydrogen-bond acceptors (Lipinski definition) is 1. The molecule has 108 valence electrons. The third kappa shape index (κ3) is 2.92. The summed E-state index contributed by atoms with van der Waals surface area (Å²) in [6.07, 6.45) is 2.77. The molecule has 1 nitrogen and oxygen atoms in total. The largest absolute Gasteiger partial charge is 0.298 e. The molecular weight excluding hydrogens is 218 g/mol. The van der Waals surface area contributed by atoms with Crippen LogP contribution in [-0.2, 0) is 0 Å². The fraction of sp³-hybridized carbons (Fsp3) is 1.00. The molecule has 0 aliphatic carbocycles. The molecule has 1 fully saturated rings. The summed E-state index contributed by atoms with van der Waals surface area (Å²) in [7, 11) is 0. The van der Waals surface area contributed by atoms with Crippen LogP contribution in [0.2, 0.25) is 0 Å². The Kier molecular flexibility index (Phi) is 4.92. The summed E-state index contributed by atoms with van der Waals surface area (Å²) in [5, 5.41) is 0. The number of nitrogens with zero attached hydrogens (tertiary/aromatic N) is 1. The van der Waals surface area contributed by atoms with Crippen LogP contribution in [0.4, 0.5) is 0 Å². The van der Waals surface area contributed by atoms with Gasteiger partial charge in [-0.05, 0) is 62.9 Å². The molecule has 0 aromatic rings. The maximum absolute atomic E-state index is 2.74. The van der Waals surface area contributed by atoms with Crippen LogP contribution in [0.3, 0.4) is 0 Å². The van der Waals surface area contributed by atoms with E-state index in [0.29, 0.717) is 11.0 Å². The Balaban J connectivity index is 2.71. The van der Waals surface area contributed by atoms with Crippen molar-refractivity contribution in [3.63, 3.8) is 0 Å². The average molecular weight is 253 g/mol. The first-order valence-electron chi connectivity index (χ1n) is 7.85. The van der Waals surface area contributed by atoms with Gasteiger partial charge in [0.2, 0.25) is 0 Å². The minimum absolute atomic E-state index is 0.295. The zero-order valence-electron chi connectivity index (χ0n) is 14.0. The van der Waals surface area contributed by atoms with Crippen molar-refractivity contribution < 1.29 is 0 Å². The van der Waals surface area contributed by atoms with Crippen LogP contribution < -0.4 is 0 Å². The maximum Gasteiger partial charge on any atom is 0.0206 e. The van der Waals surface area contributed by atoms with Gasteiger partial charge in [-0.15, -0.1) is 0 Å². The molecule has 0 N–H and O–H groups in total. The van der Waals surface area contributed by atoms with Crippen molar-refractivity contribution in [2.75, 3.05) is 13.1 Å². The van der Waals surface area contributed by atoms with Gasteiger partial charge in [0.05, 0.1) is 0 Å². The van der Waals surface area contributed by atoms with Crippen molar-refractivity contribution in [1.82, 2.24) is 4.90 Å². The first kappa shape index (κ1) is 16.0. The van der Waals surface area contributed by atoms with Gasteiger partial charge in [0.1, 0.15) is 0 Å². The number of rotatable bonds is 4. The lowest BCUT2D eigenvalue weighted by molar-refractivity contribution is -0.0386. The van der Waals surface area contributed by atoms with E-state index in [0.717, 1.165) is 17.8 Å². The highest BCUT2D eigenvalue weighted by molar-refractivity contribution is 4.98. The second-order valence-electron chi connectivity index (χ2n) is 8.00. The molecule has 0 aromatic heterocycles. The van der Waals surface area contributed by atoms with E-state index in [1.54, 1.807) is 0 Å². The van der Waals surface area contributed by atoms with Gasteiger partial charge < -0.3 is 0 Å². The molecule has 0 amide bonds. The van der Waals surface area contributed by atoms with Crippen LogP contribution >= 0.6 is 0 Å². The normalized spacial score (nSPS) is 21.0. The molecule has 1 aliphatic heterocycles. The fourth-order valence-corrected chi connectivity index (χ4v) is 3.24. The predicted molar refractivity (Wildman–Crippen MR) is 81.8 cm³/mol. The van der Waals surface area contributed by atoms with Crippen LogP contribution in [-0.4, -0.2) is 23.5 Å². The third-order valence-electron chi connectivity index (χ3n) is 6.29. The Morgan fingerprint density at radius 2 is 1.33 bits per heavy atom. The molecule has 1 heterocycles. The molecule has 0 radical (unpaired) electrons. The molecule has 1 saturated heterocycles. The van der Waals surface area contributed by atoms with Gasteiger partial charge in [0.15, 0.2) is 0 Å². The molecule has 1 rings (SSSR count). The summed E-state index contributed by atoms with van der Waals surface area (Å²) in [4.78, 5) is 2.74. The topological polar surface area (TPSA) is 3.24 Å². The Morgan fingerprint density at radius 3 is 1.67 bits per heavy atom. The Bertz CT molecular complexity index is 255. The Hall–Kier alpha value is -0.0400. The zero-order valence-corrected chi connectivity index (χ0v) is 14.0. The minimum atomic E-state index is 0.295. The van der Waals surface area contributed by atoms with Crippen molar-refractivity contribution in [1.29, 1.82) is 0 Å². The number of likely N-dealkylation sites (tertiary alicyclic amines) is 1. The van der Waals surface area contributed by atoms with E-state index < -0.39 is 0 Å². The van der Waals surface area contributed by atoms with E-state index >= 15 is 0 Å². The van der Waals surface area contributed by atoms with Crippen molar-refractivity contribution in [2.24, 2.45) is 23.2 Å². The molecule has 0 aromatic carbocycles. The molecule has 0 bridgehead atoms. The van der Waals surface area contributed by atoms with E-state index in [2.05, 4.69) is 60.3 Å². The molecule has 0 saturated carbocycles. The first-order valence-corrected chi connectivity index (χ1v) is 7.85. The van der Waals surface area contributed by atoms with Gasteiger partial charge in [0.25, 0.3) is 0 Å². The molecule has 18 heavy (non-hydrogen) atoms. The smallest absolute Gasteiger partial charge is 0.0206 e. The van der Waals surface area contributed by atoms with Crippen molar-refractivity contribution in [2.45, 2.75) is 73.8 Å². The van der Waals surface area contributed by atoms with Crippen molar-refractivity contribution in [3.05, 3.63) is 0 Å². The molecule has 0 spiro atoms. The lowest BCUT2D eigenvalue weighted by Gasteiger charge is -2.54. The summed E-state index contributed by atoms with van der Waals surface area (Å²) in [6, 6.07) is 0. The first-order chi connectivity index (χ1) is 8.10. The highest BCUT2D eigenvalue weighted by Gasteiger charge is 2.44. The van der Waals surface area contributed by atoms with Crippen LogP contribution in [0, 0.1) is 23.2 Å². The molecule has 1 heteroatoms. The summed E-state index contributed by atoms with van der Waals surface area (Å²) < 4.78 is 0. The molecule has 1 aliphatic rings. The van der Waals surface area contributed by atoms with Gasteiger partial charge in [-0.3, -0.25) is 4.90 Å². The van der Waals surface area contributed by atoms with Gasteiger partial charge in [-0.2, -0.15) is 0 Å². The summed E-state index contributed by atoms with van der Waals surface area (Å²) in [5.41, 5.74) is 0.654. The molecular formula is C17H35N. The van der Waals surface area contributed by atoms with Crippen LogP contribution in [0.15, 0.2) is 0 Å². The second-order valence-corrected chi connectivity index (χ2v) is 8.00. The van der Waals surface area contributed by atoms with Gasteiger partial charge in [-0.1, -0.05) is 41.5 Å². The van der Waals surface area contributed by atoms with Gasteiger partial charge >= 0.3 is 0 Å². The SMILES string of the molecule is CC(C)C1CCN(C(C)(C)C(C)(C)C(C)C)CC1. The van der Waals surface area contributed by atoms with E-state index in [1.165, 1.54) is 25.9 Å². The van der Waals surface area contributed by atoms with Gasteiger partial charge in [-0.25, -0.2) is 0 Å². The zero-order chi connectivity index (χ0) is 14.1. The lowest BCUT2D eigenvalue weighted by Crippen LogP contribution is -2.58. The van der Waals surface area contributed by atoms with E-state index in [-0.39, 0.29) is 0 Å². The summed E-state index contributed by atoms with van der Waals surface area (Å²) in [5.74, 6) is 2.52. The van der Waals surface area contributed by atoms with E-state index in [4.69, 9.17) is 0 Å². The monoisotopic (exact) mass is 253 g/mol. The third-order valence-corrected chi connectivity index (χ3v) is 6.29. The van der Waals surface area contributed by atoms with Gasteiger partial charge in [0, 0.05) is 5.54 Å². The highest BCUT2D eigenvalue weighted by atomic mass is 15.2. The number of piperidine rings is 1. The van der Waals surface area contributed by atoms with E-state index in [9.17, 15) is 0 Å². The van der Waals surface area contributed by atoms with Crippen LogP contribution in [0.25, 0.3) is 0 Å². The quantitative estimate of drug-likeness (QED) is 0.694. The van der Waals surface area contributed by atoms with Crippen molar-refractivity contribution in [3.8, 4) is 0 Å². The van der Waals surface area contributed by atoms with Crippen LogP contribution in [0.5, 0.6) is 0 Å². The standard InChI is InChI=1S/C17H35N/c1-13(2)15-9-11-18(12-10-15)17(7,8)16(5,6)14(3)4/h13-15H,9-12H2,1-8H3. The summed E-state index contributed by atoms with van der Waals surface area (Å²) >= 11 is 0. The summed E-state index contributed by atoms with van der Waals surface area (Å²) in [6.45, 7) is 21.8. The van der Waals surface area contributed by atoms with Crippen molar-refractivity contribution >= 4 is 0 Å². The molecule has 0 atom stereocenters. The van der Waals surface area contributed by atoms with Crippen LogP contribution in [0.1, 0.15) is 68.2 Å². The maximum atomic E-state index is 2.74. The highest BCUT2D eigenvalue weighted by Crippen LogP contribution is 2.43. The minimum Gasteiger partial charge on any atom is -0.298 e. The molecule has 0 unspecified atom stereocenters. The fourth-order valence-electron chi connectivity index (χ4n) is 3.24. The lowest BCUT2D eigenvalue weighted by atomic mass is 9.65. The predicted octanol–water partition coefficient (Wildman–Crippen LogP) is 4.82. The van der Waals surface area contributed by atoms with E-state index in [1.807, 2.05) is 0 Å². The average Bonchev–Trinajstić information content (AvgIpc) is 2.28. The Labute approximate surface area is 115 Å².